The summed E-state index contributed by atoms with van der Waals surface area (Å²) >= 11 is 0. The van der Waals surface area contributed by atoms with Crippen molar-refractivity contribution in [2.45, 2.75) is 52.6 Å². The first-order chi connectivity index (χ1) is 12.7. The van der Waals surface area contributed by atoms with Crippen LogP contribution in [-0.2, 0) is 11.3 Å². The second-order valence-electron chi connectivity index (χ2n) is 7.50. The highest BCUT2D eigenvalue weighted by atomic mass is 19.1. The fourth-order valence-electron chi connectivity index (χ4n) is 2.90. The van der Waals surface area contributed by atoms with Crippen molar-refractivity contribution in [2.75, 3.05) is 0 Å². The number of halogens is 1. The number of nitriles is 1. The smallest absolute Gasteiger partial charge is 0.273 e. The third-order valence-electron chi connectivity index (χ3n) is 4.27. The molecule has 3 N–H and O–H groups in total. The second kappa shape index (κ2) is 8.16. The SMILES string of the molecule is CC(C)(C)[C@H](NC(=O)c1nn(CCCCC#N)c2c(F)cccc12)C(N)=O. The molecule has 8 heteroatoms. The Morgan fingerprint density at radius 2 is 2.07 bits per heavy atom. The summed E-state index contributed by atoms with van der Waals surface area (Å²) in [7, 11) is 0. The molecule has 1 heterocycles. The van der Waals surface area contributed by atoms with Gasteiger partial charge in [0.2, 0.25) is 5.91 Å². The molecule has 0 aliphatic heterocycles. The number of carbonyl (C=O) groups is 2. The molecule has 1 atom stereocenters. The van der Waals surface area contributed by atoms with Crippen LogP contribution in [0.3, 0.4) is 0 Å². The van der Waals surface area contributed by atoms with Gasteiger partial charge in [-0.3, -0.25) is 14.3 Å². The van der Waals surface area contributed by atoms with E-state index in [0.717, 1.165) is 0 Å². The number of hydrogen-bond acceptors (Lipinski definition) is 4. The average molecular weight is 373 g/mol. The Bertz CT molecular complexity index is 892. The van der Waals surface area contributed by atoms with Crippen molar-refractivity contribution in [3.05, 3.63) is 29.7 Å². The van der Waals surface area contributed by atoms with Crippen LogP contribution in [0.15, 0.2) is 18.2 Å². The highest BCUT2D eigenvalue weighted by molar-refractivity contribution is 6.06. The van der Waals surface area contributed by atoms with Crippen LogP contribution in [0.25, 0.3) is 10.9 Å². The first-order valence-corrected chi connectivity index (χ1v) is 8.79. The Hall–Kier alpha value is -2.95. The molecular formula is C19H24FN5O2. The number of nitrogens with two attached hydrogens (primary N) is 1. The van der Waals surface area contributed by atoms with E-state index < -0.39 is 29.1 Å². The predicted molar refractivity (Wildman–Crippen MR) is 99.1 cm³/mol. The molecular weight excluding hydrogens is 349 g/mol. The number of carbonyl (C=O) groups excluding carboxylic acids is 2. The summed E-state index contributed by atoms with van der Waals surface area (Å²) in [6.07, 6.45) is 1.69. The van der Waals surface area contributed by atoms with Crippen LogP contribution in [0.2, 0.25) is 0 Å². The van der Waals surface area contributed by atoms with Crippen molar-refractivity contribution in [1.29, 1.82) is 5.26 Å². The van der Waals surface area contributed by atoms with E-state index in [0.29, 0.717) is 31.2 Å². The number of fused-ring (bicyclic) bond motifs is 1. The van der Waals surface area contributed by atoms with Gasteiger partial charge in [-0.1, -0.05) is 32.9 Å². The zero-order chi connectivity index (χ0) is 20.2. The molecule has 1 aromatic carbocycles. The zero-order valence-electron chi connectivity index (χ0n) is 15.8. The molecule has 0 aliphatic carbocycles. The minimum atomic E-state index is -0.894. The summed E-state index contributed by atoms with van der Waals surface area (Å²) in [4.78, 5) is 24.5. The van der Waals surface area contributed by atoms with Gasteiger partial charge in [0.15, 0.2) is 5.69 Å². The number of rotatable bonds is 7. The molecule has 2 rings (SSSR count). The maximum atomic E-state index is 14.4. The number of primary amides is 1. The molecule has 0 saturated carbocycles. The van der Waals surface area contributed by atoms with Gasteiger partial charge in [-0.15, -0.1) is 0 Å². The maximum Gasteiger partial charge on any atom is 0.273 e. The molecule has 144 valence electrons. The van der Waals surface area contributed by atoms with Crippen LogP contribution in [0.1, 0.15) is 50.5 Å². The summed E-state index contributed by atoms with van der Waals surface area (Å²) in [5.74, 6) is -1.72. The van der Waals surface area contributed by atoms with Crippen LogP contribution in [0, 0.1) is 22.6 Å². The first kappa shape index (κ1) is 20.4. The normalized spacial score (nSPS) is 12.6. The van der Waals surface area contributed by atoms with Crippen molar-refractivity contribution in [2.24, 2.45) is 11.1 Å². The molecule has 0 saturated heterocycles. The van der Waals surface area contributed by atoms with Crippen LogP contribution in [-0.4, -0.2) is 27.6 Å². The van der Waals surface area contributed by atoms with E-state index in [1.807, 2.05) is 0 Å². The lowest BCUT2D eigenvalue weighted by Crippen LogP contribution is -2.52. The third kappa shape index (κ3) is 4.61. The Balaban J connectivity index is 2.37. The molecule has 1 aromatic heterocycles. The highest BCUT2D eigenvalue weighted by Crippen LogP contribution is 2.24. The van der Waals surface area contributed by atoms with Crippen molar-refractivity contribution >= 4 is 22.7 Å². The van der Waals surface area contributed by atoms with E-state index >= 15 is 0 Å². The molecule has 0 radical (unpaired) electrons. The second-order valence-corrected chi connectivity index (χ2v) is 7.50. The van der Waals surface area contributed by atoms with Crippen LogP contribution in [0.4, 0.5) is 4.39 Å². The molecule has 2 amide bonds. The van der Waals surface area contributed by atoms with Gasteiger partial charge in [0.05, 0.1) is 6.07 Å². The Morgan fingerprint density at radius 3 is 2.67 bits per heavy atom. The van der Waals surface area contributed by atoms with E-state index in [2.05, 4.69) is 16.5 Å². The number of aryl methyl sites for hydroxylation is 1. The summed E-state index contributed by atoms with van der Waals surface area (Å²) in [5.41, 5.74) is 5.11. The van der Waals surface area contributed by atoms with Crippen molar-refractivity contribution in [3.63, 3.8) is 0 Å². The summed E-state index contributed by atoms with van der Waals surface area (Å²) in [6, 6.07) is 5.59. The fraction of sp³-hybridized carbons (Fsp3) is 0.474. The average Bonchev–Trinajstić information content (AvgIpc) is 2.95. The van der Waals surface area contributed by atoms with Crippen LogP contribution in [0.5, 0.6) is 0 Å². The lowest BCUT2D eigenvalue weighted by molar-refractivity contribution is -0.122. The number of benzene rings is 1. The van der Waals surface area contributed by atoms with E-state index in [4.69, 9.17) is 11.0 Å². The van der Waals surface area contributed by atoms with Crippen molar-refractivity contribution in [1.82, 2.24) is 15.1 Å². The van der Waals surface area contributed by atoms with Gasteiger partial charge in [0.25, 0.3) is 5.91 Å². The number of nitrogens with zero attached hydrogens (tertiary/aromatic N) is 3. The van der Waals surface area contributed by atoms with Gasteiger partial charge in [0, 0.05) is 18.4 Å². The Kier molecular flexibility index (Phi) is 6.16. The van der Waals surface area contributed by atoms with E-state index in [1.165, 1.54) is 16.8 Å². The molecule has 0 unspecified atom stereocenters. The molecule has 0 bridgehead atoms. The lowest BCUT2D eigenvalue weighted by Gasteiger charge is -2.28. The maximum absolute atomic E-state index is 14.4. The number of unbranched alkanes of at least 4 members (excludes halogenated alkanes) is 2. The quantitative estimate of drug-likeness (QED) is 0.726. The molecule has 2 aromatic rings. The Labute approximate surface area is 157 Å². The van der Waals surface area contributed by atoms with E-state index in [-0.39, 0.29) is 11.2 Å². The molecule has 0 spiro atoms. The minimum Gasteiger partial charge on any atom is -0.368 e. The Morgan fingerprint density at radius 1 is 1.37 bits per heavy atom. The number of nitrogens with one attached hydrogen (secondary N) is 1. The van der Waals surface area contributed by atoms with Gasteiger partial charge in [-0.2, -0.15) is 10.4 Å². The van der Waals surface area contributed by atoms with Crippen molar-refractivity contribution < 1.29 is 14.0 Å². The van der Waals surface area contributed by atoms with Crippen LogP contribution >= 0.6 is 0 Å². The topological polar surface area (TPSA) is 114 Å². The van der Waals surface area contributed by atoms with E-state index in [1.54, 1.807) is 26.8 Å². The fourth-order valence-corrected chi connectivity index (χ4v) is 2.90. The monoisotopic (exact) mass is 373 g/mol. The zero-order valence-corrected chi connectivity index (χ0v) is 15.8. The van der Waals surface area contributed by atoms with Crippen molar-refractivity contribution in [3.8, 4) is 6.07 Å². The number of aromatic nitrogens is 2. The highest BCUT2D eigenvalue weighted by Gasteiger charge is 2.32. The lowest BCUT2D eigenvalue weighted by atomic mass is 9.86. The molecule has 27 heavy (non-hydrogen) atoms. The number of hydrogen-bond donors (Lipinski definition) is 2. The largest absolute Gasteiger partial charge is 0.368 e. The van der Waals surface area contributed by atoms with Gasteiger partial charge in [-0.05, 0) is 24.3 Å². The standard InChI is InChI=1S/C19H24FN5O2/c1-19(2,3)16(17(22)26)23-18(27)14-12-8-7-9-13(20)15(12)25(24-14)11-6-4-5-10-21/h7-9,16H,4-6,11H2,1-3H3,(H2,22,26)(H,23,27)/t16-/m1/s1. The third-order valence-corrected chi connectivity index (χ3v) is 4.27. The van der Waals surface area contributed by atoms with E-state index in [9.17, 15) is 14.0 Å². The number of para-hydroxylation sites is 1. The minimum absolute atomic E-state index is 0.0419. The van der Waals surface area contributed by atoms with Gasteiger partial charge < -0.3 is 11.1 Å². The molecule has 0 fully saturated rings. The number of amides is 2. The van der Waals surface area contributed by atoms with Crippen LogP contribution < -0.4 is 11.1 Å². The molecule has 0 aliphatic rings. The van der Waals surface area contributed by atoms with Gasteiger partial charge in [0.1, 0.15) is 17.4 Å². The van der Waals surface area contributed by atoms with Gasteiger partial charge >= 0.3 is 0 Å². The molecule has 7 nitrogen and oxygen atoms in total. The van der Waals surface area contributed by atoms with Gasteiger partial charge in [-0.25, -0.2) is 4.39 Å². The first-order valence-electron chi connectivity index (χ1n) is 8.79. The summed E-state index contributed by atoms with van der Waals surface area (Å²) < 4.78 is 15.8. The predicted octanol–water partition coefficient (Wildman–Crippen LogP) is 2.50. The summed E-state index contributed by atoms with van der Waals surface area (Å²) in [6.45, 7) is 5.74. The summed E-state index contributed by atoms with van der Waals surface area (Å²) in [5, 5.41) is 15.9.